The highest BCUT2D eigenvalue weighted by Crippen LogP contribution is 2.29. The fourth-order valence-electron chi connectivity index (χ4n) is 2.56. The second-order valence-electron chi connectivity index (χ2n) is 5.74. The summed E-state index contributed by atoms with van der Waals surface area (Å²) in [6.45, 7) is 3.92. The molecular weight excluding hydrogens is 335 g/mol. The molecule has 0 radical (unpaired) electrons. The molecule has 0 aliphatic carbocycles. The van der Waals surface area contributed by atoms with Crippen LogP contribution in [-0.4, -0.2) is 36.1 Å². The van der Waals surface area contributed by atoms with Crippen LogP contribution in [0.5, 0.6) is 5.75 Å². The number of hydrogen-bond donors (Lipinski definition) is 1. The van der Waals surface area contributed by atoms with Crippen molar-refractivity contribution in [2.75, 3.05) is 6.61 Å². The number of nitrogens with one attached hydrogen (secondary N) is 1. The number of hydrogen-bond acceptors (Lipinski definition) is 4. The van der Waals surface area contributed by atoms with Crippen molar-refractivity contribution in [2.24, 2.45) is 4.99 Å². The quantitative estimate of drug-likeness (QED) is 0.881. The summed E-state index contributed by atoms with van der Waals surface area (Å²) in [7, 11) is 0. The highest BCUT2D eigenvalue weighted by molar-refractivity contribution is 5.76. The molecule has 0 fully saturated rings. The van der Waals surface area contributed by atoms with Gasteiger partial charge in [0.05, 0.1) is 6.04 Å². The lowest BCUT2D eigenvalue weighted by molar-refractivity contribution is -0.153. The number of aliphatic imine (C=N–C) groups is 1. The smallest absolute Gasteiger partial charge is 0.422 e. The van der Waals surface area contributed by atoms with E-state index in [1.165, 1.54) is 19.1 Å². The standard InChI is InChI=1S/C17H20F3N3O2/c1-11-8-9-21-16(22-13(3)24)23(11)12(2)14-4-6-15(7-5-14)25-10-17(18,19)20/h4-9,12,16H,10H2,1-3H3,(H,22,24). The molecule has 1 aliphatic heterocycles. The molecule has 136 valence electrons. The van der Waals surface area contributed by atoms with Gasteiger partial charge >= 0.3 is 6.18 Å². The van der Waals surface area contributed by atoms with Gasteiger partial charge in [0.15, 0.2) is 12.9 Å². The van der Waals surface area contributed by atoms with E-state index in [0.29, 0.717) is 0 Å². The van der Waals surface area contributed by atoms with Gasteiger partial charge in [0.25, 0.3) is 0 Å². The van der Waals surface area contributed by atoms with E-state index in [1.807, 2.05) is 24.8 Å². The summed E-state index contributed by atoms with van der Waals surface area (Å²) in [5.41, 5.74) is 1.78. The molecule has 0 saturated heterocycles. The van der Waals surface area contributed by atoms with Gasteiger partial charge < -0.3 is 15.0 Å². The molecule has 0 bridgehead atoms. The van der Waals surface area contributed by atoms with E-state index in [2.05, 4.69) is 10.3 Å². The molecular formula is C17H20F3N3O2. The number of alkyl halides is 3. The summed E-state index contributed by atoms with van der Waals surface area (Å²) in [4.78, 5) is 17.6. The molecule has 0 saturated carbocycles. The first-order valence-corrected chi connectivity index (χ1v) is 7.72. The average Bonchev–Trinajstić information content (AvgIpc) is 2.52. The van der Waals surface area contributed by atoms with E-state index in [0.717, 1.165) is 11.3 Å². The molecule has 1 heterocycles. The maximum absolute atomic E-state index is 12.2. The molecule has 0 aromatic heterocycles. The predicted molar refractivity (Wildman–Crippen MR) is 88.1 cm³/mol. The maximum Gasteiger partial charge on any atom is 0.422 e. The fourth-order valence-corrected chi connectivity index (χ4v) is 2.56. The molecule has 5 nitrogen and oxygen atoms in total. The highest BCUT2D eigenvalue weighted by atomic mass is 19.4. The lowest BCUT2D eigenvalue weighted by Crippen LogP contribution is -2.47. The van der Waals surface area contributed by atoms with Crippen LogP contribution in [0, 0.1) is 0 Å². The number of rotatable bonds is 5. The van der Waals surface area contributed by atoms with E-state index in [4.69, 9.17) is 4.74 Å². The Labute approximate surface area is 144 Å². The van der Waals surface area contributed by atoms with Crippen molar-refractivity contribution in [2.45, 2.75) is 39.3 Å². The van der Waals surface area contributed by atoms with Crippen LogP contribution < -0.4 is 10.1 Å². The molecule has 2 atom stereocenters. The predicted octanol–water partition coefficient (Wildman–Crippen LogP) is 3.40. The van der Waals surface area contributed by atoms with Crippen LogP contribution in [0.1, 0.15) is 32.4 Å². The van der Waals surface area contributed by atoms with Crippen molar-refractivity contribution in [1.82, 2.24) is 10.2 Å². The van der Waals surface area contributed by atoms with Crippen LogP contribution in [-0.2, 0) is 4.79 Å². The molecule has 1 aromatic carbocycles. The lowest BCUT2D eigenvalue weighted by atomic mass is 10.1. The molecule has 2 unspecified atom stereocenters. The summed E-state index contributed by atoms with van der Waals surface area (Å²) in [6.07, 6.45) is -1.44. The van der Waals surface area contributed by atoms with Crippen molar-refractivity contribution < 1.29 is 22.7 Å². The Morgan fingerprint density at radius 3 is 2.56 bits per heavy atom. The van der Waals surface area contributed by atoms with Gasteiger partial charge in [-0.1, -0.05) is 12.1 Å². The van der Waals surface area contributed by atoms with Crippen LogP contribution >= 0.6 is 0 Å². The van der Waals surface area contributed by atoms with Crippen LogP contribution in [0.15, 0.2) is 41.0 Å². The minimum atomic E-state index is -4.37. The Hall–Kier alpha value is -2.51. The van der Waals surface area contributed by atoms with E-state index >= 15 is 0 Å². The van der Waals surface area contributed by atoms with Gasteiger partial charge in [0, 0.05) is 18.8 Å². The van der Waals surface area contributed by atoms with Crippen molar-refractivity contribution in [3.05, 3.63) is 41.6 Å². The van der Waals surface area contributed by atoms with Crippen molar-refractivity contribution in [3.63, 3.8) is 0 Å². The summed E-state index contributed by atoms with van der Waals surface area (Å²) >= 11 is 0. The minimum absolute atomic E-state index is 0.149. The summed E-state index contributed by atoms with van der Waals surface area (Å²) in [5, 5.41) is 2.76. The van der Waals surface area contributed by atoms with E-state index in [-0.39, 0.29) is 17.7 Å². The van der Waals surface area contributed by atoms with Crippen molar-refractivity contribution in [3.8, 4) is 5.75 Å². The Bertz CT molecular complexity index is 669. The third-order valence-electron chi connectivity index (χ3n) is 3.73. The zero-order valence-corrected chi connectivity index (χ0v) is 14.2. The Morgan fingerprint density at radius 1 is 1.36 bits per heavy atom. The van der Waals surface area contributed by atoms with E-state index in [1.54, 1.807) is 18.3 Å². The Balaban J connectivity index is 2.12. The maximum atomic E-state index is 12.2. The van der Waals surface area contributed by atoms with Gasteiger partial charge in [-0.3, -0.25) is 4.79 Å². The molecule has 8 heteroatoms. The number of benzene rings is 1. The van der Waals surface area contributed by atoms with Gasteiger partial charge in [0.2, 0.25) is 5.91 Å². The number of allylic oxidation sites excluding steroid dienone is 2. The van der Waals surface area contributed by atoms with E-state index in [9.17, 15) is 18.0 Å². The summed E-state index contributed by atoms with van der Waals surface area (Å²) < 4.78 is 41.3. The van der Waals surface area contributed by atoms with Gasteiger partial charge in [0.1, 0.15) is 5.75 Å². The zero-order chi connectivity index (χ0) is 18.6. The average molecular weight is 355 g/mol. The number of halogens is 3. The fraction of sp³-hybridized carbons (Fsp3) is 0.412. The third-order valence-corrected chi connectivity index (χ3v) is 3.73. The Morgan fingerprint density at radius 2 is 2.00 bits per heavy atom. The second kappa shape index (κ2) is 7.58. The number of nitrogens with zero attached hydrogens (tertiary/aromatic N) is 2. The Kier molecular flexibility index (Phi) is 5.71. The number of amides is 1. The topological polar surface area (TPSA) is 53.9 Å². The van der Waals surface area contributed by atoms with Gasteiger partial charge in [-0.2, -0.15) is 13.2 Å². The monoisotopic (exact) mass is 355 g/mol. The molecule has 1 amide bonds. The molecule has 0 spiro atoms. The van der Waals surface area contributed by atoms with Gasteiger partial charge in [-0.25, -0.2) is 4.99 Å². The zero-order valence-electron chi connectivity index (χ0n) is 14.2. The number of carbonyl (C=O) groups is 1. The first-order chi connectivity index (χ1) is 11.7. The number of ether oxygens (including phenoxy) is 1. The van der Waals surface area contributed by atoms with Gasteiger partial charge in [-0.05, 0) is 37.6 Å². The van der Waals surface area contributed by atoms with Crippen LogP contribution in [0.3, 0.4) is 0 Å². The minimum Gasteiger partial charge on any atom is -0.484 e. The third kappa shape index (κ3) is 5.23. The van der Waals surface area contributed by atoms with Gasteiger partial charge in [-0.15, -0.1) is 0 Å². The highest BCUT2D eigenvalue weighted by Gasteiger charge is 2.29. The first-order valence-electron chi connectivity index (χ1n) is 7.72. The normalized spacial score (nSPS) is 18.6. The molecule has 1 aliphatic rings. The second-order valence-corrected chi connectivity index (χ2v) is 5.74. The summed E-state index contributed by atoms with van der Waals surface area (Å²) in [6, 6.07) is 6.25. The van der Waals surface area contributed by atoms with Crippen molar-refractivity contribution >= 4 is 12.1 Å². The molecule has 25 heavy (non-hydrogen) atoms. The largest absolute Gasteiger partial charge is 0.484 e. The SMILES string of the molecule is CC(=O)NC1N=CC=C(C)N1C(C)c1ccc(OCC(F)(F)F)cc1. The van der Waals surface area contributed by atoms with Crippen LogP contribution in [0.4, 0.5) is 13.2 Å². The molecule has 2 rings (SSSR count). The van der Waals surface area contributed by atoms with Crippen LogP contribution in [0.2, 0.25) is 0 Å². The van der Waals surface area contributed by atoms with E-state index < -0.39 is 19.1 Å². The number of carbonyl (C=O) groups excluding carboxylic acids is 1. The lowest BCUT2D eigenvalue weighted by Gasteiger charge is -2.38. The van der Waals surface area contributed by atoms with Crippen LogP contribution in [0.25, 0.3) is 0 Å². The molecule has 1 N–H and O–H groups in total. The molecule has 1 aromatic rings. The first kappa shape index (κ1) is 18.8. The van der Waals surface area contributed by atoms with Crippen molar-refractivity contribution in [1.29, 1.82) is 0 Å². The summed E-state index contributed by atoms with van der Waals surface area (Å²) in [5.74, 6) is -0.0550.